The van der Waals surface area contributed by atoms with Gasteiger partial charge in [-0.3, -0.25) is 4.98 Å². The normalized spacial score (nSPS) is 10.5. The molecule has 1 aromatic carbocycles. The Hall–Kier alpha value is -1.76. The topological polar surface area (TPSA) is 48.5 Å². The number of pyridine rings is 1. The Balaban J connectivity index is 1.85. The van der Waals surface area contributed by atoms with E-state index < -0.39 is 5.82 Å². The highest BCUT2D eigenvalue weighted by Crippen LogP contribution is 2.31. The Labute approximate surface area is 166 Å². The van der Waals surface area contributed by atoms with Crippen LogP contribution >= 0.6 is 34.8 Å². The van der Waals surface area contributed by atoms with Gasteiger partial charge in [-0.05, 0) is 24.6 Å². The molecule has 0 unspecified atom stereocenters. The van der Waals surface area contributed by atoms with Crippen LogP contribution in [0, 0.1) is 5.82 Å². The molecule has 0 spiro atoms. The van der Waals surface area contributed by atoms with Crippen LogP contribution in [-0.2, 0) is 0 Å². The second-order valence-corrected chi connectivity index (χ2v) is 6.93. The van der Waals surface area contributed by atoms with E-state index in [1.807, 2.05) is 11.9 Å². The number of carbonyl (C=O) groups excluding carboxylic acids is 1. The molecule has 140 valence electrons. The number of amides is 2. The van der Waals surface area contributed by atoms with Crippen molar-refractivity contribution in [2.45, 2.75) is 6.42 Å². The van der Waals surface area contributed by atoms with Crippen LogP contribution < -0.4 is 10.2 Å². The molecule has 2 amide bonds. The molecule has 2 aromatic rings. The first kappa shape index (κ1) is 20.6. The van der Waals surface area contributed by atoms with E-state index in [2.05, 4.69) is 10.3 Å². The molecule has 0 fully saturated rings. The van der Waals surface area contributed by atoms with E-state index in [0.717, 1.165) is 0 Å². The lowest BCUT2D eigenvalue weighted by Crippen LogP contribution is -2.33. The number of nitrogens with zero attached hydrogens (tertiary/aromatic N) is 3. The lowest BCUT2D eigenvalue weighted by molar-refractivity contribution is 0.222. The van der Waals surface area contributed by atoms with E-state index in [4.69, 9.17) is 34.8 Å². The fourth-order valence-electron chi connectivity index (χ4n) is 2.32. The van der Waals surface area contributed by atoms with Crippen molar-refractivity contribution in [1.29, 1.82) is 0 Å². The largest absolute Gasteiger partial charge is 0.372 e. The number of anilines is 2. The number of halogens is 4. The fourth-order valence-corrected chi connectivity index (χ4v) is 3.15. The number of aromatic nitrogens is 1. The minimum absolute atomic E-state index is 0.0433. The van der Waals surface area contributed by atoms with Crippen molar-refractivity contribution in [2.24, 2.45) is 0 Å². The summed E-state index contributed by atoms with van der Waals surface area (Å²) in [5, 5.41) is 3.57. The summed E-state index contributed by atoms with van der Waals surface area (Å²) in [5.41, 5.74) is 1.14. The Morgan fingerprint density at radius 2 is 1.77 bits per heavy atom. The van der Waals surface area contributed by atoms with Gasteiger partial charge in [-0.25, -0.2) is 9.18 Å². The molecular weight excluding hydrogens is 402 g/mol. The first-order chi connectivity index (χ1) is 12.3. The molecule has 1 aromatic heterocycles. The summed E-state index contributed by atoms with van der Waals surface area (Å²) >= 11 is 18.0. The Morgan fingerprint density at radius 1 is 1.12 bits per heavy atom. The monoisotopic (exact) mass is 418 g/mol. The van der Waals surface area contributed by atoms with E-state index in [1.54, 1.807) is 7.05 Å². The number of nitrogens with one attached hydrogen (secondary N) is 1. The number of carbonyl (C=O) groups is 1. The highest BCUT2D eigenvalue weighted by atomic mass is 35.5. The minimum Gasteiger partial charge on any atom is -0.372 e. The van der Waals surface area contributed by atoms with Crippen molar-refractivity contribution in [2.75, 3.05) is 37.4 Å². The Bertz CT molecular complexity index is 770. The molecule has 0 radical (unpaired) electrons. The highest BCUT2D eigenvalue weighted by molar-refractivity contribution is 6.38. The molecule has 5 nitrogen and oxygen atoms in total. The van der Waals surface area contributed by atoms with Gasteiger partial charge in [0, 0.05) is 45.3 Å². The maximum Gasteiger partial charge on any atom is 0.321 e. The number of urea groups is 1. The third kappa shape index (κ3) is 5.37. The molecular formula is C17H18Cl3FN4O. The summed E-state index contributed by atoms with van der Waals surface area (Å²) in [6.07, 6.45) is 3.76. The van der Waals surface area contributed by atoms with Crippen LogP contribution in [0.1, 0.15) is 6.42 Å². The molecule has 0 saturated heterocycles. The summed E-state index contributed by atoms with van der Waals surface area (Å²) in [6.45, 7) is 1.15. The highest BCUT2D eigenvalue weighted by Gasteiger charge is 2.13. The summed E-state index contributed by atoms with van der Waals surface area (Å²) in [4.78, 5) is 19.5. The van der Waals surface area contributed by atoms with Gasteiger partial charge in [-0.2, -0.15) is 0 Å². The van der Waals surface area contributed by atoms with Crippen LogP contribution in [0.25, 0.3) is 0 Å². The maximum atomic E-state index is 13.2. The van der Waals surface area contributed by atoms with Gasteiger partial charge in [0.1, 0.15) is 5.82 Å². The predicted molar refractivity (Wildman–Crippen MR) is 105 cm³/mol. The molecule has 1 heterocycles. The van der Waals surface area contributed by atoms with Crippen molar-refractivity contribution < 1.29 is 9.18 Å². The van der Waals surface area contributed by atoms with Crippen LogP contribution in [0.2, 0.25) is 15.1 Å². The second-order valence-electron chi connectivity index (χ2n) is 5.71. The van der Waals surface area contributed by atoms with Gasteiger partial charge in [0.15, 0.2) is 0 Å². The minimum atomic E-state index is -0.533. The van der Waals surface area contributed by atoms with Crippen molar-refractivity contribution in [3.8, 4) is 0 Å². The van der Waals surface area contributed by atoms with Crippen LogP contribution in [0.5, 0.6) is 0 Å². The molecule has 2 rings (SSSR count). The molecule has 26 heavy (non-hydrogen) atoms. The zero-order valence-electron chi connectivity index (χ0n) is 14.3. The van der Waals surface area contributed by atoms with Gasteiger partial charge in [0.05, 0.1) is 20.8 Å². The van der Waals surface area contributed by atoms with E-state index >= 15 is 0 Å². The summed E-state index contributed by atoms with van der Waals surface area (Å²) < 4.78 is 13.2. The van der Waals surface area contributed by atoms with Crippen LogP contribution in [0.15, 0.2) is 30.6 Å². The van der Waals surface area contributed by atoms with Crippen LogP contribution in [-0.4, -0.2) is 43.1 Å². The molecule has 0 aliphatic carbocycles. The Morgan fingerprint density at radius 3 is 2.38 bits per heavy atom. The zero-order chi connectivity index (χ0) is 19.3. The average molecular weight is 420 g/mol. The lowest BCUT2D eigenvalue weighted by Gasteiger charge is -2.23. The van der Waals surface area contributed by atoms with E-state index in [1.165, 1.54) is 35.5 Å². The van der Waals surface area contributed by atoms with Crippen LogP contribution in [0.4, 0.5) is 20.6 Å². The smallest absolute Gasteiger partial charge is 0.321 e. The molecule has 1 N–H and O–H groups in total. The number of rotatable bonds is 6. The molecule has 9 heteroatoms. The van der Waals surface area contributed by atoms with Crippen LogP contribution in [0.3, 0.4) is 0 Å². The third-order valence-electron chi connectivity index (χ3n) is 3.71. The van der Waals surface area contributed by atoms with Gasteiger partial charge >= 0.3 is 6.03 Å². The second kappa shape index (κ2) is 9.26. The van der Waals surface area contributed by atoms with Crippen molar-refractivity contribution in [3.05, 3.63) is 51.5 Å². The van der Waals surface area contributed by atoms with Crippen molar-refractivity contribution >= 4 is 52.2 Å². The van der Waals surface area contributed by atoms with Gasteiger partial charge < -0.3 is 15.1 Å². The number of benzene rings is 1. The standard InChI is InChI=1S/C17H18Cl3FN4O/c1-24(16-13(19)9-22-10-14(16)20)6-3-7-25(2)17(26)23-11-4-5-15(21)12(18)8-11/h4-5,8-10H,3,6-7H2,1-2H3,(H,23,26). The van der Waals surface area contributed by atoms with E-state index in [9.17, 15) is 9.18 Å². The van der Waals surface area contributed by atoms with Gasteiger partial charge in [-0.1, -0.05) is 34.8 Å². The van der Waals surface area contributed by atoms with E-state index in [0.29, 0.717) is 40.9 Å². The SMILES string of the molecule is CN(CCCN(C)c1c(Cl)cncc1Cl)C(=O)Nc1ccc(F)c(Cl)c1. The first-order valence-electron chi connectivity index (χ1n) is 7.77. The molecule has 0 aliphatic rings. The summed E-state index contributed by atoms with van der Waals surface area (Å²) in [5.74, 6) is -0.533. The average Bonchev–Trinajstić information content (AvgIpc) is 2.58. The summed E-state index contributed by atoms with van der Waals surface area (Å²) in [6, 6.07) is 3.71. The third-order valence-corrected chi connectivity index (χ3v) is 4.56. The van der Waals surface area contributed by atoms with Crippen molar-refractivity contribution in [3.63, 3.8) is 0 Å². The molecule has 0 aliphatic heterocycles. The maximum absolute atomic E-state index is 13.2. The predicted octanol–water partition coefficient (Wildman–Crippen LogP) is 5.17. The number of hydrogen-bond acceptors (Lipinski definition) is 3. The van der Waals surface area contributed by atoms with Gasteiger partial charge in [-0.15, -0.1) is 0 Å². The van der Waals surface area contributed by atoms with Gasteiger partial charge in [0.2, 0.25) is 0 Å². The quantitative estimate of drug-likeness (QED) is 0.702. The molecule has 0 bridgehead atoms. The zero-order valence-corrected chi connectivity index (χ0v) is 16.5. The fraction of sp³-hybridized carbons (Fsp3) is 0.294. The number of hydrogen-bond donors (Lipinski definition) is 1. The molecule has 0 saturated carbocycles. The van der Waals surface area contributed by atoms with E-state index in [-0.39, 0.29) is 11.1 Å². The first-order valence-corrected chi connectivity index (χ1v) is 8.90. The lowest BCUT2D eigenvalue weighted by atomic mass is 10.3. The molecule has 0 atom stereocenters. The van der Waals surface area contributed by atoms with Crippen molar-refractivity contribution in [1.82, 2.24) is 9.88 Å². The Kier molecular flexibility index (Phi) is 7.32. The summed E-state index contributed by atoms with van der Waals surface area (Å²) in [7, 11) is 3.54. The van der Waals surface area contributed by atoms with Gasteiger partial charge in [0.25, 0.3) is 0 Å².